The minimum Gasteiger partial charge on any atom is -0.383 e. The van der Waals surface area contributed by atoms with Crippen LogP contribution in [0, 0.1) is 11.7 Å². The average molecular weight is 360 g/mol. The Hall–Kier alpha value is -1.34. The molecule has 2 aliphatic rings. The molecule has 0 saturated carbocycles. The van der Waals surface area contributed by atoms with E-state index in [0.717, 1.165) is 0 Å². The fraction of sp³-hybridized carbons (Fsp3) is 0.538. The standard InChI is InChI=1S/C13H14ClFN4O3P/c1-13(14)6-4-23(20)21-3-8(6)22-12(13)19-2-7(15)9-10(16)17-5-18-11(9)19/h2,5-6,8,12H,3-4H2,1H3,(H2,16,17,18)/q+1/t6-,8-,12-,13-/m1/s1. The van der Waals surface area contributed by atoms with E-state index in [1.54, 1.807) is 6.92 Å². The fourth-order valence-corrected chi connectivity index (χ4v) is 5.18. The third-order valence-corrected chi connectivity index (χ3v) is 6.13. The molecule has 4 rings (SSSR count). The van der Waals surface area contributed by atoms with Gasteiger partial charge in [-0.25, -0.2) is 14.4 Å². The molecule has 0 bridgehead atoms. The number of aromatic nitrogens is 3. The Morgan fingerprint density at radius 3 is 3.13 bits per heavy atom. The molecule has 5 atom stereocenters. The summed E-state index contributed by atoms with van der Waals surface area (Å²) in [6.45, 7) is 2.00. The fourth-order valence-electron chi connectivity index (χ4n) is 3.34. The molecule has 2 N–H and O–H groups in total. The molecule has 0 aromatic carbocycles. The van der Waals surface area contributed by atoms with Gasteiger partial charge in [0.15, 0.2) is 23.9 Å². The summed E-state index contributed by atoms with van der Waals surface area (Å²) in [5.74, 6) is -0.637. The Morgan fingerprint density at radius 2 is 2.35 bits per heavy atom. The van der Waals surface area contributed by atoms with E-state index in [1.807, 2.05) is 0 Å². The number of hydrogen-bond donors (Lipinski definition) is 1. The quantitative estimate of drug-likeness (QED) is 0.621. The van der Waals surface area contributed by atoms with Gasteiger partial charge in [-0.2, -0.15) is 0 Å². The van der Waals surface area contributed by atoms with Crippen molar-refractivity contribution in [3.63, 3.8) is 0 Å². The molecule has 1 unspecified atom stereocenters. The lowest BCUT2D eigenvalue weighted by Gasteiger charge is -2.28. The summed E-state index contributed by atoms with van der Waals surface area (Å²) in [7, 11) is -1.75. The van der Waals surface area contributed by atoms with Gasteiger partial charge < -0.3 is 15.0 Å². The Balaban J connectivity index is 1.82. The van der Waals surface area contributed by atoms with Crippen LogP contribution >= 0.6 is 19.6 Å². The van der Waals surface area contributed by atoms with Crippen LogP contribution in [0.25, 0.3) is 11.0 Å². The van der Waals surface area contributed by atoms with Crippen LogP contribution in [0.3, 0.4) is 0 Å². The summed E-state index contributed by atoms with van der Waals surface area (Å²) in [5, 5.41) is 0.140. The smallest absolute Gasteiger partial charge is 0.383 e. The Bertz CT molecular complexity index is 814. The van der Waals surface area contributed by atoms with Gasteiger partial charge in [0, 0.05) is 6.20 Å². The number of nitrogen functional groups attached to an aromatic ring is 1. The van der Waals surface area contributed by atoms with Gasteiger partial charge in [0.2, 0.25) is 0 Å². The van der Waals surface area contributed by atoms with Crippen LogP contribution in [-0.2, 0) is 13.8 Å². The molecule has 10 heteroatoms. The van der Waals surface area contributed by atoms with Crippen LogP contribution in [0.1, 0.15) is 13.2 Å². The van der Waals surface area contributed by atoms with Crippen molar-refractivity contribution in [1.29, 1.82) is 0 Å². The number of ether oxygens (including phenoxy) is 1. The first-order valence-corrected chi connectivity index (χ1v) is 8.82. The van der Waals surface area contributed by atoms with Crippen molar-refractivity contribution in [2.24, 2.45) is 5.92 Å². The highest BCUT2D eigenvalue weighted by Crippen LogP contribution is 2.53. The van der Waals surface area contributed by atoms with E-state index in [1.165, 1.54) is 17.1 Å². The van der Waals surface area contributed by atoms with Crippen molar-refractivity contribution in [3.05, 3.63) is 18.3 Å². The molecule has 2 aromatic heterocycles. The molecular formula is C13H14ClFN4O3P+. The maximum atomic E-state index is 14.3. The van der Waals surface area contributed by atoms with Gasteiger partial charge >= 0.3 is 8.03 Å². The molecule has 23 heavy (non-hydrogen) atoms. The van der Waals surface area contributed by atoms with Gasteiger partial charge in [-0.05, 0) is 11.5 Å². The molecule has 7 nitrogen and oxygen atoms in total. The van der Waals surface area contributed by atoms with Gasteiger partial charge in [-0.3, -0.25) is 0 Å². The largest absolute Gasteiger partial charge is 0.508 e. The zero-order valence-electron chi connectivity index (χ0n) is 12.1. The van der Waals surface area contributed by atoms with Gasteiger partial charge in [-0.15, -0.1) is 16.1 Å². The lowest BCUT2D eigenvalue weighted by atomic mass is 9.91. The molecule has 2 aromatic rings. The zero-order chi connectivity index (χ0) is 16.4. The SMILES string of the molecule is C[C@@]1(Cl)[C@@H]2C[P+](=O)OC[C@H]2O[C@H]1n1cc(F)c2c(N)ncnc21. The minimum absolute atomic E-state index is 0.0596. The van der Waals surface area contributed by atoms with Gasteiger partial charge in [-0.1, -0.05) is 0 Å². The summed E-state index contributed by atoms with van der Waals surface area (Å²) in [6, 6.07) is 0. The zero-order valence-corrected chi connectivity index (χ0v) is 13.8. The highest BCUT2D eigenvalue weighted by Gasteiger charge is 2.59. The molecule has 2 aliphatic heterocycles. The molecule has 0 spiro atoms. The second-order valence-corrected chi connectivity index (χ2v) is 8.04. The van der Waals surface area contributed by atoms with E-state index in [9.17, 15) is 8.96 Å². The van der Waals surface area contributed by atoms with E-state index in [2.05, 4.69) is 9.97 Å². The van der Waals surface area contributed by atoms with Crippen molar-refractivity contribution >= 4 is 36.5 Å². The van der Waals surface area contributed by atoms with E-state index < -0.39 is 24.9 Å². The summed E-state index contributed by atoms with van der Waals surface area (Å²) in [4.78, 5) is 7.04. The first-order chi connectivity index (χ1) is 10.9. The predicted octanol–water partition coefficient (Wildman–Crippen LogP) is 2.44. The number of rotatable bonds is 1. The number of hydrogen-bond acceptors (Lipinski definition) is 6. The van der Waals surface area contributed by atoms with Crippen molar-refractivity contribution in [1.82, 2.24) is 14.5 Å². The lowest BCUT2D eigenvalue weighted by Crippen LogP contribution is -2.38. The summed E-state index contributed by atoms with van der Waals surface area (Å²) < 4.78 is 38.7. The second kappa shape index (κ2) is 5.08. The maximum absolute atomic E-state index is 14.3. The Morgan fingerprint density at radius 1 is 1.57 bits per heavy atom. The Labute approximate surface area is 136 Å². The number of halogens is 2. The van der Waals surface area contributed by atoms with Gasteiger partial charge in [0.25, 0.3) is 0 Å². The van der Waals surface area contributed by atoms with E-state index in [4.69, 9.17) is 26.6 Å². The van der Waals surface area contributed by atoms with Gasteiger partial charge in [0.1, 0.15) is 18.8 Å². The molecule has 0 radical (unpaired) electrons. The summed E-state index contributed by atoms with van der Waals surface area (Å²) in [6.07, 6.45) is 1.87. The first kappa shape index (κ1) is 15.2. The van der Waals surface area contributed by atoms with Crippen molar-refractivity contribution < 1.29 is 18.2 Å². The highest BCUT2D eigenvalue weighted by atomic mass is 35.5. The lowest BCUT2D eigenvalue weighted by molar-refractivity contribution is -0.0291. The number of nitrogens with two attached hydrogens (primary N) is 1. The molecule has 0 aliphatic carbocycles. The highest BCUT2D eigenvalue weighted by molar-refractivity contribution is 7.39. The van der Waals surface area contributed by atoms with Crippen LogP contribution in [0.4, 0.5) is 10.2 Å². The molecule has 122 valence electrons. The third-order valence-electron chi connectivity index (χ3n) is 4.53. The number of fused-ring (bicyclic) bond motifs is 2. The topological polar surface area (TPSA) is 92.3 Å². The third kappa shape index (κ3) is 2.16. The summed E-state index contributed by atoms with van der Waals surface area (Å²) in [5.41, 5.74) is 6.05. The van der Waals surface area contributed by atoms with Crippen molar-refractivity contribution in [2.75, 3.05) is 18.5 Å². The monoisotopic (exact) mass is 359 g/mol. The first-order valence-electron chi connectivity index (χ1n) is 7.08. The van der Waals surface area contributed by atoms with Crippen LogP contribution in [-0.4, -0.2) is 38.3 Å². The van der Waals surface area contributed by atoms with E-state index in [-0.39, 0.29) is 29.8 Å². The number of nitrogens with zero attached hydrogens (tertiary/aromatic N) is 3. The van der Waals surface area contributed by atoms with Crippen molar-refractivity contribution in [2.45, 2.75) is 24.1 Å². The number of alkyl halides is 1. The molecule has 0 amide bonds. The normalized spacial score (nSPS) is 35.6. The van der Waals surface area contributed by atoms with Crippen LogP contribution in [0.5, 0.6) is 0 Å². The second-order valence-electron chi connectivity index (χ2n) is 5.94. The van der Waals surface area contributed by atoms with E-state index >= 15 is 0 Å². The molecule has 2 fully saturated rings. The number of anilines is 1. The van der Waals surface area contributed by atoms with Crippen LogP contribution in [0.2, 0.25) is 0 Å². The van der Waals surface area contributed by atoms with Gasteiger partial charge in [0.05, 0.1) is 22.3 Å². The van der Waals surface area contributed by atoms with E-state index in [0.29, 0.717) is 11.8 Å². The summed E-state index contributed by atoms with van der Waals surface area (Å²) >= 11 is 6.73. The van der Waals surface area contributed by atoms with Crippen molar-refractivity contribution in [3.8, 4) is 0 Å². The maximum Gasteiger partial charge on any atom is 0.508 e. The average Bonchev–Trinajstić information content (AvgIpc) is 2.95. The molecular weight excluding hydrogens is 346 g/mol. The molecule has 4 heterocycles. The minimum atomic E-state index is -1.75. The predicted molar refractivity (Wildman–Crippen MR) is 82.0 cm³/mol. The molecule has 2 saturated heterocycles. The Kier molecular flexibility index (Phi) is 3.36. The van der Waals surface area contributed by atoms with Crippen LogP contribution in [0.15, 0.2) is 12.5 Å². The van der Waals surface area contributed by atoms with Crippen LogP contribution < -0.4 is 5.73 Å².